The zero-order chi connectivity index (χ0) is 13.3. The quantitative estimate of drug-likeness (QED) is 0.618. The Kier molecular flexibility index (Phi) is 4.45. The highest BCUT2D eigenvalue weighted by Crippen LogP contribution is 2.30. The fourth-order valence-electron chi connectivity index (χ4n) is 1.81. The lowest BCUT2D eigenvalue weighted by Crippen LogP contribution is -1.93. The van der Waals surface area contributed by atoms with E-state index in [1.165, 1.54) is 0 Å². The van der Waals surface area contributed by atoms with E-state index in [1.54, 1.807) is 12.1 Å². The van der Waals surface area contributed by atoms with Gasteiger partial charge in [-0.15, -0.1) is 0 Å². The molecule has 94 valence electrons. The number of benzene rings is 2. The van der Waals surface area contributed by atoms with E-state index in [0.29, 0.717) is 21.5 Å². The van der Waals surface area contributed by atoms with Gasteiger partial charge in [0.15, 0.2) is 0 Å². The highest BCUT2D eigenvalue weighted by molar-refractivity contribution is 6.35. The first-order valence-corrected chi connectivity index (χ1v) is 6.87. The summed E-state index contributed by atoms with van der Waals surface area (Å²) in [7, 11) is 0. The van der Waals surface area contributed by atoms with Gasteiger partial charge in [0, 0.05) is 26.5 Å². The molecule has 2 rings (SSSR count). The Morgan fingerprint density at radius 2 is 1.50 bits per heavy atom. The average molecular weight is 320 g/mol. The van der Waals surface area contributed by atoms with Crippen LogP contribution in [0.3, 0.4) is 0 Å². The fourth-order valence-corrected chi connectivity index (χ4v) is 2.66. The van der Waals surface area contributed by atoms with Crippen LogP contribution in [0.2, 0.25) is 20.1 Å². The molecule has 0 bridgehead atoms. The number of hydrogen-bond donors (Lipinski definition) is 0. The molecule has 0 aliphatic rings. The van der Waals surface area contributed by atoms with Crippen molar-refractivity contribution in [2.75, 3.05) is 0 Å². The molecule has 0 atom stereocenters. The Balaban J connectivity index is 2.43. The molecule has 0 nitrogen and oxygen atoms in total. The molecule has 0 aliphatic heterocycles. The van der Waals surface area contributed by atoms with E-state index in [1.807, 2.05) is 25.1 Å². The van der Waals surface area contributed by atoms with Gasteiger partial charge in [-0.25, -0.2) is 0 Å². The molecule has 0 spiro atoms. The molecule has 0 heterocycles. The summed E-state index contributed by atoms with van der Waals surface area (Å²) in [4.78, 5) is 0. The van der Waals surface area contributed by atoms with Crippen molar-refractivity contribution in [1.29, 1.82) is 0 Å². The second kappa shape index (κ2) is 5.71. The third-order valence-electron chi connectivity index (χ3n) is 2.68. The largest absolute Gasteiger partial charge is 0.0843 e. The lowest BCUT2D eigenvalue weighted by Gasteiger charge is -2.10. The van der Waals surface area contributed by atoms with Crippen LogP contribution in [0.1, 0.15) is 16.7 Å². The minimum Gasteiger partial charge on any atom is -0.0843 e. The van der Waals surface area contributed by atoms with E-state index in [0.717, 1.165) is 21.7 Å². The molecule has 2 aromatic carbocycles. The Morgan fingerprint density at radius 3 is 2.22 bits per heavy atom. The second-order valence-electron chi connectivity index (χ2n) is 4.11. The highest BCUT2D eigenvalue weighted by Gasteiger charge is 2.09. The minimum atomic E-state index is 0.611. The molecule has 2 aromatic rings. The standard InChI is InChI=1S/C14H10Cl4/c1-8-4-12(16)7-10(14(8)18)5-9-6-11(15)2-3-13(9)17/h2-4,6-7H,5H2,1H3. The summed E-state index contributed by atoms with van der Waals surface area (Å²) in [5.74, 6) is 0. The monoisotopic (exact) mass is 318 g/mol. The van der Waals surface area contributed by atoms with E-state index < -0.39 is 0 Å². The molecule has 18 heavy (non-hydrogen) atoms. The molecule has 0 saturated carbocycles. The summed E-state index contributed by atoms with van der Waals surface area (Å²) in [6.07, 6.45) is 0.611. The van der Waals surface area contributed by atoms with Crippen molar-refractivity contribution >= 4 is 46.4 Å². The molecule has 0 N–H and O–H groups in total. The zero-order valence-electron chi connectivity index (χ0n) is 9.61. The maximum Gasteiger partial charge on any atom is 0.0471 e. The van der Waals surface area contributed by atoms with Gasteiger partial charge in [0.1, 0.15) is 0 Å². The van der Waals surface area contributed by atoms with Gasteiger partial charge in [-0.2, -0.15) is 0 Å². The molecule has 0 aromatic heterocycles. The molecule has 0 unspecified atom stereocenters. The Hall–Kier alpha value is -0.400. The second-order valence-corrected chi connectivity index (χ2v) is 5.77. The van der Waals surface area contributed by atoms with Crippen molar-refractivity contribution in [3.05, 3.63) is 67.1 Å². The van der Waals surface area contributed by atoms with Crippen molar-refractivity contribution in [3.8, 4) is 0 Å². The summed E-state index contributed by atoms with van der Waals surface area (Å²) in [6, 6.07) is 9.08. The van der Waals surface area contributed by atoms with Gasteiger partial charge in [0.2, 0.25) is 0 Å². The third-order valence-corrected chi connectivity index (χ3v) is 4.05. The van der Waals surface area contributed by atoms with Crippen molar-refractivity contribution in [3.63, 3.8) is 0 Å². The molecule has 0 radical (unpaired) electrons. The number of rotatable bonds is 2. The lowest BCUT2D eigenvalue weighted by molar-refractivity contribution is 1.18. The van der Waals surface area contributed by atoms with Gasteiger partial charge in [-0.3, -0.25) is 0 Å². The van der Waals surface area contributed by atoms with E-state index in [4.69, 9.17) is 46.4 Å². The molecule has 0 amide bonds. The van der Waals surface area contributed by atoms with Crippen molar-refractivity contribution in [2.24, 2.45) is 0 Å². The van der Waals surface area contributed by atoms with Crippen molar-refractivity contribution in [2.45, 2.75) is 13.3 Å². The normalized spacial score (nSPS) is 10.7. The zero-order valence-corrected chi connectivity index (χ0v) is 12.6. The summed E-state index contributed by atoms with van der Waals surface area (Å²) >= 11 is 24.4. The number of halogens is 4. The lowest BCUT2D eigenvalue weighted by atomic mass is 10.0. The van der Waals surface area contributed by atoms with Gasteiger partial charge in [0.05, 0.1) is 0 Å². The van der Waals surface area contributed by atoms with Crippen LogP contribution in [0.5, 0.6) is 0 Å². The molecule has 4 heteroatoms. The molecule has 0 fully saturated rings. The van der Waals surface area contributed by atoms with Crippen molar-refractivity contribution in [1.82, 2.24) is 0 Å². The van der Waals surface area contributed by atoms with Crippen LogP contribution >= 0.6 is 46.4 Å². The van der Waals surface area contributed by atoms with Gasteiger partial charge in [-0.05, 0) is 53.9 Å². The van der Waals surface area contributed by atoms with Crippen LogP contribution in [0, 0.1) is 6.92 Å². The molecule has 0 aliphatic carbocycles. The Morgan fingerprint density at radius 1 is 0.833 bits per heavy atom. The summed E-state index contributed by atoms with van der Waals surface area (Å²) in [5.41, 5.74) is 2.84. The van der Waals surface area contributed by atoms with Crippen LogP contribution < -0.4 is 0 Å². The first kappa shape index (κ1) is 14.0. The molecular weight excluding hydrogens is 310 g/mol. The highest BCUT2D eigenvalue weighted by atomic mass is 35.5. The van der Waals surface area contributed by atoms with Crippen LogP contribution in [-0.2, 0) is 6.42 Å². The van der Waals surface area contributed by atoms with E-state index in [2.05, 4.69) is 0 Å². The maximum atomic E-state index is 6.27. The van der Waals surface area contributed by atoms with Crippen molar-refractivity contribution < 1.29 is 0 Å². The van der Waals surface area contributed by atoms with E-state index >= 15 is 0 Å². The SMILES string of the molecule is Cc1cc(Cl)cc(Cc2cc(Cl)ccc2Cl)c1Cl. The summed E-state index contributed by atoms with van der Waals surface area (Å²) < 4.78 is 0. The molecular formula is C14H10Cl4. The van der Waals surface area contributed by atoms with E-state index in [9.17, 15) is 0 Å². The average Bonchev–Trinajstić information content (AvgIpc) is 2.30. The smallest absolute Gasteiger partial charge is 0.0471 e. The summed E-state index contributed by atoms with van der Waals surface area (Å²) in [6.45, 7) is 1.93. The van der Waals surface area contributed by atoms with Crippen LogP contribution in [0.25, 0.3) is 0 Å². The topological polar surface area (TPSA) is 0 Å². The van der Waals surface area contributed by atoms with Crippen LogP contribution in [-0.4, -0.2) is 0 Å². The van der Waals surface area contributed by atoms with Crippen LogP contribution in [0.15, 0.2) is 30.3 Å². The predicted molar refractivity (Wildman–Crippen MR) is 80.5 cm³/mol. The van der Waals surface area contributed by atoms with E-state index in [-0.39, 0.29) is 0 Å². The van der Waals surface area contributed by atoms with Gasteiger partial charge < -0.3 is 0 Å². The number of hydrogen-bond acceptors (Lipinski definition) is 0. The Bertz CT molecular complexity index is 591. The third kappa shape index (κ3) is 3.13. The minimum absolute atomic E-state index is 0.611. The van der Waals surface area contributed by atoms with Gasteiger partial charge in [0.25, 0.3) is 0 Å². The number of aryl methyl sites for hydroxylation is 1. The summed E-state index contributed by atoms with van der Waals surface area (Å²) in [5, 5.41) is 2.72. The maximum absolute atomic E-state index is 6.27. The Labute approximate surface area is 126 Å². The van der Waals surface area contributed by atoms with Crippen LogP contribution in [0.4, 0.5) is 0 Å². The van der Waals surface area contributed by atoms with Gasteiger partial charge >= 0.3 is 0 Å². The predicted octanol–water partition coefficient (Wildman–Crippen LogP) is 6.20. The molecule has 0 saturated heterocycles. The first-order chi connectivity index (χ1) is 8.47. The first-order valence-electron chi connectivity index (χ1n) is 5.36. The fraction of sp³-hybridized carbons (Fsp3) is 0.143. The van der Waals surface area contributed by atoms with Gasteiger partial charge in [-0.1, -0.05) is 46.4 Å².